The second-order valence-electron chi connectivity index (χ2n) is 27.3. The molecule has 17 nitrogen and oxygen atoms in total. The minimum Gasteiger partial charge on any atom is -0.449 e. The number of carbonyl (C=O) groups excluding carboxylic acids is 4. The van der Waals surface area contributed by atoms with Crippen LogP contribution in [0.15, 0.2) is 140 Å². The number of rotatable bonds is 20. The van der Waals surface area contributed by atoms with E-state index >= 15 is 0 Å². The number of alkyl halides is 2. The summed E-state index contributed by atoms with van der Waals surface area (Å²) in [6, 6.07) is 39.4. The maximum absolute atomic E-state index is 14.7. The first-order chi connectivity index (χ1) is 43.8. The van der Waals surface area contributed by atoms with Crippen LogP contribution in [0, 0.1) is 0 Å². The highest BCUT2D eigenvalue weighted by molar-refractivity contribution is 7.49. The number of carbonyl (C=O) groups is 4. The minimum atomic E-state index is -4.31. The number of fused-ring (bicyclic) bond motifs is 9. The van der Waals surface area contributed by atoms with E-state index in [2.05, 4.69) is 22.8 Å². The summed E-state index contributed by atoms with van der Waals surface area (Å²) < 4.78 is 71.6. The van der Waals surface area contributed by atoms with Crippen LogP contribution < -0.4 is 29.5 Å². The van der Waals surface area contributed by atoms with E-state index < -0.39 is 61.9 Å². The molecule has 2 atom stereocenters. The summed E-state index contributed by atoms with van der Waals surface area (Å²) in [6.45, 7) is 21.5. The van der Waals surface area contributed by atoms with Crippen molar-refractivity contribution in [1.29, 1.82) is 0 Å². The molecule has 0 unspecified atom stereocenters. The van der Waals surface area contributed by atoms with Crippen molar-refractivity contribution in [3.8, 4) is 22.6 Å². The number of hydrogen-bond acceptors (Lipinski definition) is 13. The van der Waals surface area contributed by atoms with Gasteiger partial charge in [-0.15, -0.1) is 23.2 Å². The second kappa shape index (κ2) is 27.2. The maximum Gasteiger partial charge on any atom is 0.531 e. The number of ether oxygens (including phenoxy) is 1. The maximum atomic E-state index is 14.7. The van der Waals surface area contributed by atoms with Crippen molar-refractivity contribution in [1.82, 2.24) is 5.32 Å². The number of nitrogens with zero attached hydrogens (tertiary/aromatic N) is 2. The molecule has 2 heterocycles. The standard InChI is InChI=1S/C72H80Cl2N4O13P2/c1-69(2,3)88-92(83,89-70(4,5)6)86-61-38-59-66(55-27-19-17-25-53(55)61)47(40-73)42-77(59)64(80)33-30-45-29-31-46(58(37-45)76-63(79)35-36-75-68(82)85-44-57-51-23-15-13-21-49(51)50-22-14-16-24-52(50)57)32-34-65(81)78-43-48(41-74)67-56-28-20-18-26-54(56)62(39-60(67)78)87-93(84,90-71(7,8)9)91-72(10,11)12/h13-34,37-39,47-48,57H,35-36,40-44H2,1-12H3,(H,75,82)(H,76,79)/b33-30+,34-32+/t47-,48-/m1/s1. The first-order valence-corrected chi connectivity index (χ1v) is 35.0. The van der Waals surface area contributed by atoms with E-state index in [0.29, 0.717) is 33.3 Å². The number of nitrogens with one attached hydrogen (secondary N) is 2. The molecule has 2 N–H and O–H groups in total. The van der Waals surface area contributed by atoms with Gasteiger partial charge in [-0.05, 0) is 157 Å². The number of anilines is 3. The van der Waals surface area contributed by atoms with Crippen molar-refractivity contribution >= 4 is 113 Å². The Labute approximate surface area is 554 Å². The average molecular weight is 1340 g/mol. The first-order valence-electron chi connectivity index (χ1n) is 31.0. The van der Waals surface area contributed by atoms with Gasteiger partial charge < -0.3 is 34.2 Å². The van der Waals surface area contributed by atoms with Gasteiger partial charge >= 0.3 is 21.7 Å². The predicted octanol–water partition coefficient (Wildman–Crippen LogP) is 17.9. The molecule has 2 aliphatic heterocycles. The molecule has 10 rings (SSSR count). The molecule has 93 heavy (non-hydrogen) atoms. The van der Waals surface area contributed by atoms with E-state index in [0.717, 1.165) is 44.2 Å². The number of amides is 4. The van der Waals surface area contributed by atoms with Crippen molar-refractivity contribution in [2.45, 2.75) is 130 Å². The van der Waals surface area contributed by atoms with Gasteiger partial charge in [-0.3, -0.25) is 32.5 Å². The fourth-order valence-electron chi connectivity index (χ4n) is 11.9. The number of phosphoric acid groups is 2. The zero-order valence-corrected chi connectivity index (χ0v) is 57.8. The lowest BCUT2D eigenvalue weighted by Crippen LogP contribution is -2.29. The number of halogens is 2. The molecular weight excluding hydrogens is 1260 g/mol. The zero-order chi connectivity index (χ0) is 67.0. The van der Waals surface area contributed by atoms with Crippen LogP contribution in [-0.2, 0) is 46.3 Å². The van der Waals surface area contributed by atoms with Crippen LogP contribution in [0.1, 0.15) is 141 Å². The van der Waals surface area contributed by atoms with Crippen LogP contribution in [0.5, 0.6) is 11.5 Å². The lowest BCUT2D eigenvalue weighted by atomic mass is 9.95. The Morgan fingerprint density at radius 1 is 0.548 bits per heavy atom. The molecule has 0 spiro atoms. The van der Waals surface area contributed by atoms with Crippen molar-refractivity contribution in [2.24, 2.45) is 0 Å². The predicted molar refractivity (Wildman–Crippen MR) is 370 cm³/mol. The molecular formula is C72H80Cl2N4O13P2. The lowest BCUT2D eigenvalue weighted by Gasteiger charge is -2.31. The molecule has 0 fully saturated rings. The van der Waals surface area contributed by atoms with Gasteiger partial charge in [-0.25, -0.2) is 13.9 Å². The summed E-state index contributed by atoms with van der Waals surface area (Å²) in [5.74, 6) is -1.29. The fourth-order valence-corrected chi connectivity index (χ4v) is 16.1. The summed E-state index contributed by atoms with van der Waals surface area (Å²) in [4.78, 5) is 59.8. The topological polar surface area (TPSA) is 198 Å². The smallest absolute Gasteiger partial charge is 0.449 e. The molecule has 7 aromatic carbocycles. The molecule has 0 saturated heterocycles. The SMILES string of the molecule is CC(C)(C)OP(=O)(Oc1cc2c(c3ccccc13)[C@H](CCl)CN2C(=O)/C=C/c1ccc(/C=C/C(=O)N2C[C@@H](CCl)c3c2cc(OP(=O)(OC(C)(C)C)OC(C)(C)C)c2ccccc32)c(NC(=O)CCNC(=O)OCC2c3ccccc3-c3ccccc32)c1)OC(C)(C)C. The van der Waals surface area contributed by atoms with Crippen molar-refractivity contribution < 1.29 is 60.2 Å². The van der Waals surface area contributed by atoms with Gasteiger partial charge in [0.1, 0.15) is 18.1 Å². The first kappa shape index (κ1) is 68.6. The van der Waals surface area contributed by atoms with Gasteiger partial charge in [-0.1, -0.05) is 109 Å². The van der Waals surface area contributed by atoms with E-state index in [1.165, 1.54) is 12.2 Å². The van der Waals surface area contributed by atoms with E-state index in [-0.39, 0.29) is 79.4 Å². The molecule has 0 radical (unpaired) electrons. The molecule has 1 aliphatic carbocycles. The highest BCUT2D eigenvalue weighted by atomic mass is 35.5. The summed E-state index contributed by atoms with van der Waals surface area (Å²) in [5, 5.41) is 8.44. The zero-order valence-electron chi connectivity index (χ0n) is 54.5. The lowest BCUT2D eigenvalue weighted by molar-refractivity contribution is -0.116. The van der Waals surface area contributed by atoms with E-state index in [1.807, 2.05) is 84.9 Å². The highest BCUT2D eigenvalue weighted by Gasteiger charge is 2.43. The number of benzene rings is 7. The van der Waals surface area contributed by atoms with Crippen LogP contribution in [0.2, 0.25) is 0 Å². The molecule has 490 valence electrons. The van der Waals surface area contributed by atoms with Crippen LogP contribution in [0.4, 0.5) is 21.9 Å². The Balaban J connectivity index is 0.934. The van der Waals surface area contributed by atoms with Crippen LogP contribution >= 0.6 is 38.8 Å². The number of hydrogen-bond donors (Lipinski definition) is 2. The Morgan fingerprint density at radius 2 is 0.968 bits per heavy atom. The quantitative estimate of drug-likeness (QED) is 0.0416. The second-order valence-corrected chi connectivity index (χ2v) is 30.8. The fraction of sp³-hybridized carbons (Fsp3) is 0.361. The normalized spacial score (nSPS) is 16.0. The molecule has 7 aromatic rings. The number of alkyl carbamates (subject to hydrolysis) is 1. The van der Waals surface area contributed by atoms with Crippen molar-refractivity contribution in [3.05, 3.63) is 173 Å². The van der Waals surface area contributed by atoms with Gasteiger partial charge in [-0.2, -0.15) is 0 Å². The van der Waals surface area contributed by atoms with Crippen LogP contribution in [0.3, 0.4) is 0 Å². The Morgan fingerprint density at radius 3 is 1.41 bits per heavy atom. The summed E-state index contributed by atoms with van der Waals surface area (Å²) in [5.41, 5.74) is 4.48. The Kier molecular flexibility index (Phi) is 20.1. The molecule has 0 aromatic heterocycles. The third-order valence-electron chi connectivity index (χ3n) is 15.3. The molecule has 3 aliphatic rings. The highest BCUT2D eigenvalue weighted by Crippen LogP contribution is 2.60. The van der Waals surface area contributed by atoms with E-state index in [9.17, 15) is 28.3 Å². The molecule has 0 saturated carbocycles. The van der Waals surface area contributed by atoms with Crippen molar-refractivity contribution in [3.63, 3.8) is 0 Å². The summed E-state index contributed by atoms with van der Waals surface area (Å²) in [6.07, 6.45) is 5.15. The van der Waals surface area contributed by atoms with Crippen molar-refractivity contribution in [2.75, 3.05) is 53.1 Å². The molecule has 0 bridgehead atoms. The molecule has 21 heteroatoms. The minimum absolute atomic E-state index is 0.0652. The number of phosphoric ester groups is 2. The summed E-state index contributed by atoms with van der Waals surface area (Å²) in [7, 11) is -8.61. The van der Waals surface area contributed by atoms with Gasteiger partial charge in [0.2, 0.25) is 5.91 Å². The largest absolute Gasteiger partial charge is 0.531 e. The van der Waals surface area contributed by atoms with Gasteiger partial charge in [0.25, 0.3) is 11.8 Å². The third-order valence-corrected chi connectivity index (χ3v) is 19.9. The monoisotopic (exact) mass is 1340 g/mol. The van der Waals surface area contributed by atoms with Gasteiger partial charge in [0.05, 0.1) is 33.8 Å². The van der Waals surface area contributed by atoms with Crippen LogP contribution in [0.25, 0.3) is 44.8 Å². The van der Waals surface area contributed by atoms with Crippen LogP contribution in [-0.4, -0.2) is 84.2 Å². The molecule has 4 amide bonds. The van der Waals surface area contributed by atoms with Gasteiger partial charge in [0, 0.05) is 96.3 Å². The summed E-state index contributed by atoms with van der Waals surface area (Å²) >= 11 is 13.4. The van der Waals surface area contributed by atoms with Gasteiger partial charge in [0.15, 0.2) is 0 Å². The average Bonchev–Trinajstić information content (AvgIpc) is 1.67. The van der Waals surface area contributed by atoms with E-state index in [1.54, 1.807) is 135 Å². The Bertz CT molecular complexity index is 4120. The Hall–Kier alpha value is -7.30. The third kappa shape index (κ3) is 16.3. The van der Waals surface area contributed by atoms with E-state index in [4.69, 9.17) is 55.1 Å².